The zero-order chi connectivity index (χ0) is 19.8. The summed E-state index contributed by atoms with van der Waals surface area (Å²) in [6.07, 6.45) is 0. The second-order valence-electron chi connectivity index (χ2n) is 6.08. The number of hydrogen-bond donors (Lipinski definition) is 2. The van der Waals surface area contributed by atoms with Gasteiger partial charge in [0, 0.05) is 44.4 Å². The van der Waals surface area contributed by atoms with Crippen molar-refractivity contribution < 1.29 is 23.9 Å². The van der Waals surface area contributed by atoms with E-state index in [2.05, 4.69) is 10.6 Å². The van der Waals surface area contributed by atoms with Gasteiger partial charge in [0.25, 0.3) is 5.91 Å². The fraction of sp³-hybridized carbons (Fsp3) is 0.500. The van der Waals surface area contributed by atoms with Crippen LogP contribution in [0.1, 0.15) is 17.3 Å². The number of nitrogens with one attached hydrogen (secondary N) is 2. The summed E-state index contributed by atoms with van der Waals surface area (Å²) in [4.78, 5) is 39.6. The van der Waals surface area contributed by atoms with Crippen molar-refractivity contribution in [2.24, 2.45) is 0 Å². The number of carbonyl (C=O) groups excluding carboxylic acids is 3. The summed E-state index contributed by atoms with van der Waals surface area (Å²) < 4.78 is 10.4. The molecule has 9 nitrogen and oxygen atoms in total. The van der Waals surface area contributed by atoms with Crippen LogP contribution in [0.15, 0.2) is 18.2 Å². The van der Waals surface area contributed by atoms with Crippen molar-refractivity contribution in [3.63, 3.8) is 0 Å². The number of ether oxygens (including phenoxy) is 2. The van der Waals surface area contributed by atoms with Crippen molar-refractivity contribution in [1.29, 1.82) is 0 Å². The number of nitrogens with zero attached hydrogens (tertiary/aromatic N) is 2. The molecule has 1 aromatic rings. The van der Waals surface area contributed by atoms with Gasteiger partial charge in [-0.15, -0.1) is 0 Å². The first-order valence-corrected chi connectivity index (χ1v) is 8.79. The maximum Gasteiger partial charge on any atom is 0.321 e. The van der Waals surface area contributed by atoms with Gasteiger partial charge in [-0.3, -0.25) is 19.8 Å². The number of piperazine rings is 1. The predicted molar refractivity (Wildman–Crippen MR) is 99.1 cm³/mol. The van der Waals surface area contributed by atoms with Gasteiger partial charge in [-0.2, -0.15) is 0 Å². The zero-order valence-corrected chi connectivity index (χ0v) is 15.9. The summed E-state index contributed by atoms with van der Waals surface area (Å²) >= 11 is 0. The van der Waals surface area contributed by atoms with Crippen LogP contribution in [0.4, 0.5) is 4.79 Å². The average Bonchev–Trinajstić information content (AvgIpc) is 2.67. The number of amides is 4. The van der Waals surface area contributed by atoms with E-state index in [1.54, 1.807) is 30.0 Å². The molecule has 0 spiro atoms. The van der Waals surface area contributed by atoms with Gasteiger partial charge in [-0.05, 0) is 19.1 Å². The molecule has 9 heteroatoms. The molecule has 0 aliphatic carbocycles. The molecule has 1 aliphatic heterocycles. The highest BCUT2D eigenvalue weighted by molar-refractivity contribution is 5.96. The van der Waals surface area contributed by atoms with Crippen LogP contribution in [-0.4, -0.2) is 81.1 Å². The van der Waals surface area contributed by atoms with E-state index in [9.17, 15) is 14.4 Å². The molecule has 148 valence electrons. The van der Waals surface area contributed by atoms with Gasteiger partial charge < -0.3 is 19.7 Å². The fourth-order valence-electron chi connectivity index (χ4n) is 2.80. The molecule has 1 fully saturated rings. The molecule has 0 aromatic heterocycles. The van der Waals surface area contributed by atoms with Gasteiger partial charge >= 0.3 is 6.03 Å². The van der Waals surface area contributed by atoms with Crippen LogP contribution < -0.4 is 20.1 Å². The van der Waals surface area contributed by atoms with E-state index >= 15 is 0 Å². The van der Waals surface area contributed by atoms with Gasteiger partial charge in [0.05, 0.1) is 20.8 Å². The highest BCUT2D eigenvalue weighted by Crippen LogP contribution is 2.23. The van der Waals surface area contributed by atoms with Crippen LogP contribution in [-0.2, 0) is 4.79 Å². The molecule has 0 saturated carbocycles. The topological polar surface area (TPSA) is 100 Å². The lowest BCUT2D eigenvalue weighted by molar-refractivity contribution is -0.121. The number of carbonyl (C=O) groups is 3. The summed E-state index contributed by atoms with van der Waals surface area (Å²) in [6, 6.07) is 4.57. The zero-order valence-electron chi connectivity index (χ0n) is 15.9. The number of methoxy groups -OCH3 is 2. The minimum absolute atomic E-state index is 0.112. The maximum absolute atomic E-state index is 12.7. The van der Waals surface area contributed by atoms with Crippen molar-refractivity contribution in [2.75, 3.05) is 53.5 Å². The van der Waals surface area contributed by atoms with E-state index in [0.717, 1.165) is 0 Å². The van der Waals surface area contributed by atoms with Crippen LogP contribution in [0.25, 0.3) is 0 Å². The summed E-state index contributed by atoms with van der Waals surface area (Å²) in [5.41, 5.74) is 0.494. The third kappa shape index (κ3) is 5.85. The first kappa shape index (κ1) is 20.5. The molecule has 4 amide bonds. The van der Waals surface area contributed by atoms with Crippen molar-refractivity contribution in [2.45, 2.75) is 6.92 Å². The Morgan fingerprint density at radius 3 is 2.11 bits per heavy atom. The second kappa shape index (κ2) is 9.77. The molecule has 2 rings (SSSR count). The van der Waals surface area contributed by atoms with Crippen LogP contribution in [0.3, 0.4) is 0 Å². The summed E-state index contributed by atoms with van der Waals surface area (Å²) in [6.45, 7) is 4.43. The van der Waals surface area contributed by atoms with E-state index in [4.69, 9.17) is 9.47 Å². The summed E-state index contributed by atoms with van der Waals surface area (Å²) in [5.74, 6) is 0.633. The number of imide groups is 1. The molecule has 0 atom stereocenters. The van der Waals surface area contributed by atoms with Crippen LogP contribution in [0.5, 0.6) is 11.5 Å². The normalized spacial score (nSPS) is 14.4. The van der Waals surface area contributed by atoms with Crippen LogP contribution >= 0.6 is 0 Å². The molecule has 1 heterocycles. The van der Waals surface area contributed by atoms with Crippen molar-refractivity contribution in [1.82, 2.24) is 20.4 Å². The quantitative estimate of drug-likeness (QED) is 0.739. The number of urea groups is 1. The fourth-order valence-corrected chi connectivity index (χ4v) is 2.80. The van der Waals surface area contributed by atoms with E-state index in [0.29, 0.717) is 49.8 Å². The lowest BCUT2D eigenvalue weighted by Gasteiger charge is -2.34. The highest BCUT2D eigenvalue weighted by Gasteiger charge is 2.24. The smallest absolute Gasteiger partial charge is 0.321 e. The lowest BCUT2D eigenvalue weighted by Crippen LogP contribution is -2.52. The Kier molecular flexibility index (Phi) is 7.42. The Balaban J connectivity index is 1.89. The third-order valence-corrected chi connectivity index (χ3v) is 4.22. The van der Waals surface area contributed by atoms with Gasteiger partial charge in [0.1, 0.15) is 11.5 Å². The Morgan fingerprint density at radius 2 is 1.59 bits per heavy atom. The molecule has 0 unspecified atom stereocenters. The molecule has 0 bridgehead atoms. The largest absolute Gasteiger partial charge is 0.497 e. The van der Waals surface area contributed by atoms with E-state index in [-0.39, 0.29) is 18.4 Å². The van der Waals surface area contributed by atoms with Crippen molar-refractivity contribution in [3.05, 3.63) is 23.8 Å². The molecule has 1 saturated heterocycles. The second-order valence-corrected chi connectivity index (χ2v) is 6.08. The SMILES string of the molecule is CCNC(=O)NC(=O)CN1CCN(C(=O)c2cc(OC)cc(OC)c2)CC1. The molecule has 0 radical (unpaired) electrons. The minimum atomic E-state index is -0.497. The first-order valence-electron chi connectivity index (χ1n) is 8.79. The molecule has 1 aliphatic rings. The number of benzene rings is 1. The Hall–Kier alpha value is -2.81. The predicted octanol–water partition coefficient (Wildman–Crippen LogP) is 0.307. The lowest BCUT2D eigenvalue weighted by atomic mass is 10.1. The molecular formula is C18H26N4O5. The Bertz CT molecular complexity index is 664. The standard InChI is InChI=1S/C18H26N4O5/c1-4-19-18(25)20-16(23)12-21-5-7-22(8-6-21)17(24)13-9-14(26-2)11-15(10-13)27-3/h9-11H,4-8,12H2,1-3H3,(H2,19,20,23,25). The molecule has 1 aromatic carbocycles. The van der Waals surface area contributed by atoms with Crippen LogP contribution in [0, 0.1) is 0 Å². The van der Waals surface area contributed by atoms with Gasteiger partial charge in [-0.1, -0.05) is 0 Å². The third-order valence-electron chi connectivity index (χ3n) is 4.22. The summed E-state index contributed by atoms with van der Waals surface area (Å²) in [5, 5.41) is 4.78. The molecule has 27 heavy (non-hydrogen) atoms. The van der Waals surface area contributed by atoms with Gasteiger partial charge in [-0.25, -0.2) is 4.79 Å². The number of rotatable bonds is 6. The van der Waals surface area contributed by atoms with Gasteiger partial charge in [0.15, 0.2) is 0 Å². The van der Waals surface area contributed by atoms with E-state index in [1.165, 1.54) is 14.2 Å². The van der Waals surface area contributed by atoms with Gasteiger partial charge in [0.2, 0.25) is 5.91 Å². The first-order chi connectivity index (χ1) is 13.0. The number of hydrogen-bond acceptors (Lipinski definition) is 6. The highest BCUT2D eigenvalue weighted by atomic mass is 16.5. The Labute approximate surface area is 158 Å². The Morgan fingerprint density at radius 1 is 1.00 bits per heavy atom. The maximum atomic E-state index is 12.7. The summed E-state index contributed by atoms with van der Waals surface area (Å²) in [7, 11) is 3.07. The van der Waals surface area contributed by atoms with Crippen molar-refractivity contribution in [3.8, 4) is 11.5 Å². The van der Waals surface area contributed by atoms with Crippen LogP contribution in [0.2, 0.25) is 0 Å². The minimum Gasteiger partial charge on any atom is -0.497 e. The molecular weight excluding hydrogens is 352 g/mol. The average molecular weight is 378 g/mol. The van der Waals surface area contributed by atoms with E-state index < -0.39 is 6.03 Å². The van der Waals surface area contributed by atoms with Crippen molar-refractivity contribution >= 4 is 17.8 Å². The van der Waals surface area contributed by atoms with E-state index in [1.807, 2.05) is 4.90 Å². The monoisotopic (exact) mass is 378 g/mol. The molecule has 2 N–H and O–H groups in total.